The summed E-state index contributed by atoms with van der Waals surface area (Å²) in [6, 6.07) is 2.12. The third kappa shape index (κ3) is 2.51. The maximum absolute atomic E-state index is 5.65. The Balaban J connectivity index is 2.72. The molecule has 0 aliphatic carbocycles. The van der Waals surface area contributed by atoms with Crippen molar-refractivity contribution < 1.29 is 4.74 Å². The molecule has 0 amide bonds. The summed E-state index contributed by atoms with van der Waals surface area (Å²) in [5.41, 5.74) is 6.76. The maximum atomic E-state index is 5.65. The van der Waals surface area contributed by atoms with E-state index in [9.17, 15) is 0 Å². The van der Waals surface area contributed by atoms with Crippen molar-refractivity contribution in [1.82, 2.24) is 4.98 Å². The Kier molecular flexibility index (Phi) is 3.05. The van der Waals surface area contributed by atoms with E-state index in [-0.39, 0.29) is 6.04 Å². The molecule has 0 saturated carbocycles. The third-order valence-corrected chi connectivity index (χ3v) is 1.56. The first-order chi connectivity index (χ1) is 5.72. The van der Waals surface area contributed by atoms with Gasteiger partial charge in [-0.15, -0.1) is 0 Å². The average molecular weight is 166 g/mol. The zero-order valence-corrected chi connectivity index (χ0v) is 7.45. The molecule has 0 saturated heterocycles. The molecule has 0 aromatic carbocycles. The van der Waals surface area contributed by atoms with E-state index >= 15 is 0 Å². The third-order valence-electron chi connectivity index (χ3n) is 1.56. The van der Waals surface area contributed by atoms with Gasteiger partial charge in [-0.3, -0.25) is 4.98 Å². The predicted octanol–water partition coefficient (Wildman–Crippen LogP) is 0.980. The molecule has 1 aromatic heterocycles. The van der Waals surface area contributed by atoms with E-state index in [0.29, 0.717) is 0 Å². The molecule has 1 rings (SSSR count). The maximum Gasteiger partial charge on any atom is 0.137 e. The van der Waals surface area contributed by atoms with Gasteiger partial charge in [0.2, 0.25) is 0 Å². The molecule has 0 bridgehead atoms. The summed E-state index contributed by atoms with van der Waals surface area (Å²) in [6.45, 7) is 1.97. The van der Waals surface area contributed by atoms with Crippen LogP contribution in [0.15, 0.2) is 18.5 Å². The molecule has 1 aromatic rings. The SMILES string of the molecule is COc1cncc(CC(C)N)c1. The van der Waals surface area contributed by atoms with Crippen LogP contribution in [0.25, 0.3) is 0 Å². The zero-order chi connectivity index (χ0) is 8.97. The number of hydrogen-bond acceptors (Lipinski definition) is 3. The lowest BCUT2D eigenvalue weighted by Crippen LogP contribution is -2.17. The fourth-order valence-electron chi connectivity index (χ4n) is 1.06. The molecule has 2 N–H and O–H groups in total. The highest BCUT2D eigenvalue weighted by Crippen LogP contribution is 2.11. The largest absolute Gasteiger partial charge is 0.495 e. The molecule has 1 atom stereocenters. The Morgan fingerprint density at radius 1 is 1.58 bits per heavy atom. The summed E-state index contributed by atoms with van der Waals surface area (Å²) < 4.78 is 5.03. The highest BCUT2D eigenvalue weighted by molar-refractivity contribution is 5.23. The van der Waals surface area contributed by atoms with Crippen LogP contribution in [0.2, 0.25) is 0 Å². The number of nitrogens with two attached hydrogens (primary N) is 1. The van der Waals surface area contributed by atoms with Crippen molar-refractivity contribution in [1.29, 1.82) is 0 Å². The lowest BCUT2D eigenvalue weighted by molar-refractivity contribution is 0.412. The van der Waals surface area contributed by atoms with Crippen LogP contribution in [0.3, 0.4) is 0 Å². The molecule has 66 valence electrons. The molecule has 0 radical (unpaired) electrons. The van der Waals surface area contributed by atoms with Crippen molar-refractivity contribution in [2.45, 2.75) is 19.4 Å². The second kappa shape index (κ2) is 4.07. The Morgan fingerprint density at radius 3 is 2.92 bits per heavy atom. The zero-order valence-electron chi connectivity index (χ0n) is 7.45. The van der Waals surface area contributed by atoms with Gasteiger partial charge < -0.3 is 10.5 Å². The minimum Gasteiger partial charge on any atom is -0.495 e. The molecular weight excluding hydrogens is 152 g/mol. The monoisotopic (exact) mass is 166 g/mol. The van der Waals surface area contributed by atoms with Crippen LogP contribution in [0, 0.1) is 0 Å². The summed E-state index contributed by atoms with van der Waals surface area (Å²) in [7, 11) is 1.63. The van der Waals surface area contributed by atoms with Crippen molar-refractivity contribution >= 4 is 0 Å². The van der Waals surface area contributed by atoms with Gasteiger partial charge in [0.1, 0.15) is 5.75 Å². The van der Waals surface area contributed by atoms with Crippen LogP contribution in [0.1, 0.15) is 12.5 Å². The van der Waals surface area contributed by atoms with Crippen LogP contribution in [0.5, 0.6) is 5.75 Å². The molecule has 3 nitrogen and oxygen atoms in total. The van der Waals surface area contributed by atoms with Gasteiger partial charge in [0.25, 0.3) is 0 Å². The van der Waals surface area contributed by atoms with Crippen molar-refractivity contribution in [2.24, 2.45) is 5.73 Å². The topological polar surface area (TPSA) is 48.1 Å². The smallest absolute Gasteiger partial charge is 0.137 e. The number of ether oxygens (including phenoxy) is 1. The fourth-order valence-corrected chi connectivity index (χ4v) is 1.06. The van der Waals surface area contributed by atoms with Gasteiger partial charge in [0.15, 0.2) is 0 Å². The minimum absolute atomic E-state index is 0.166. The summed E-state index contributed by atoms with van der Waals surface area (Å²) >= 11 is 0. The van der Waals surface area contributed by atoms with Gasteiger partial charge in [0, 0.05) is 12.2 Å². The first-order valence-electron chi connectivity index (χ1n) is 3.96. The minimum atomic E-state index is 0.166. The van der Waals surface area contributed by atoms with Gasteiger partial charge in [-0.25, -0.2) is 0 Å². The van der Waals surface area contributed by atoms with Crippen molar-refractivity contribution in [3.05, 3.63) is 24.0 Å². The quantitative estimate of drug-likeness (QED) is 0.728. The number of aromatic nitrogens is 1. The number of rotatable bonds is 3. The summed E-state index contributed by atoms with van der Waals surface area (Å²) in [4.78, 5) is 4.03. The van der Waals surface area contributed by atoms with Crippen LogP contribution in [-0.2, 0) is 6.42 Å². The number of nitrogens with zero attached hydrogens (tertiary/aromatic N) is 1. The van der Waals surface area contributed by atoms with E-state index in [2.05, 4.69) is 4.98 Å². The van der Waals surface area contributed by atoms with Crippen molar-refractivity contribution in [2.75, 3.05) is 7.11 Å². The predicted molar refractivity (Wildman–Crippen MR) is 48.1 cm³/mol. The first-order valence-corrected chi connectivity index (χ1v) is 3.96. The van der Waals surface area contributed by atoms with E-state index in [1.165, 1.54) is 0 Å². The van der Waals surface area contributed by atoms with Gasteiger partial charge in [0.05, 0.1) is 13.3 Å². The van der Waals surface area contributed by atoms with Gasteiger partial charge in [-0.2, -0.15) is 0 Å². The molecular formula is C9H14N2O. The fraction of sp³-hybridized carbons (Fsp3) is 0.444. The summed E-state index contributed by atoms with van der Waals surface area (Å²) in [6.07, 6.45) is 4.33. The Morgan fingerprint density at radius 2 is 2.33 bits per heavy atom. The average Bonchev–Trinajstić information content (AvgIpc) is 2.03. The van der Waals surface area contributed by atoms with Crippen LogP contribution < -0.4 is 10.5 Å². The van der Waals surface area contributed by atoms with Crippen molar-refractivity contribution in [3.63, 3.8) is 0 Å². The number of pyridine rings is 1. The van der Waals surface area contributed by atoms with E-state index in [0.717, 1.165) is 17.7 Å². The second-order valence-electron chi connectivity index (χ2n) is 2.91. The molecule has 12 heavy (non-hydrogen) atoms. The van der Waals surface area contributed by atoms with Crippen LogP contribution >= 0.6 is 0 Å². The molecule has 0 aliphatic rings. The van der Waals surface area contributed by atoms with E-state index in [1.807, 2.05) is 19.2 Å². The van der Waals surface area contributed by atoms with E-state index in [4.69, 9.17) is 10.5 Å². The highest BCUT2D eigenvalue weighted by Gasteiger charge is 1.99. The molecule has 3 heteroatoms. The second-order valence-corrected chi connectivity index (χ2v) is 2.91. The molecule has 1 unspecified atom stereocenters. The number of methoxy groups -OCH3 is 1. The number of hydrogen-bond donors (Lipinski definition) is 1. The van der Waals surface area contributed by atoms with Crippen LogP contribution in [-0.4, -0.2) is 18.1 Å². The van der Waals surface area contributed by atoms with Crippen molar-refractivity contribution in [3.8, 4) is 5.75 Å². The Bertz CT molecular complexity index is 248. The lowest BCUT2D eigenvalue weighted by atomic mass is 10.1. The summed E-state index contributed by atoms with van der Waals surface area (Å²) in [5, 5.41) is 0. The lowest BCUT2D eigenvalue weighted by Gasteiger charge is -2.05. The van der Waals surface area contributed by atoms with E-state index in [1.54, 1.807) is 13.3 Å². The normalized spacial score (nSPS) is 12.6. The van der Waals surface area contributed by atoms with E-state index < -0.39 is 0 Å². The highest BCUT2D eigenvalue weighted by atomic mass is 16.5. The molecule has 0 fully saturated rings. The van der Waals surface area contributed by atoms with Gasteiger partial charge in [-0.1, -0.05) is 0 Å². The Labute approximate surface area is 72.6 Å². The molecule has 0 aliphatic heterocycles. The molecule has 0 spiro atoms. The first kappa shape index (κ1) is 9.00. The van der Waals surface area contributed by atoms with Crippen LogP contribution in [0.4, 0.5) is 0 Å². The van der Waals surface area contributed by atoms with Gasteiger partial charge in [-0.05, 0) is 25.0 Å². The molecule has 1 heterocycles. The van der Waals surface area contributed by atoms with Gasteiger partial charge >= 0.3 is 0 Å². The Hall–Kier alpha value is -1.09. The standard InChI is InChI=1S/C9H14N2O/c1-7(10)3-8-4-9(12-2)6-11-5-8/h4-7H,3,10H2,1-2H3. The summed E-state index contributed by atoms with van der Waals surface area (Å²) in [5.74, 6) is 0.785.